The number of rotatable bonds is 2. The number of aromatic amines is 2. The minimum atomic E-state index is -0.777. The van der Waals surface area contributed by atoms with Crippen molar-refractivity contribution in [1.82, 2.24) is 19.9 Å². The molecule has 0 bridgehead atoms. The monoisotopic (exact) mass is 326 g/mol. The molecule has 2 aromatic heterocycles. The van der Waals surface area contributed by atoms with Gasteiger partial charge in [-0.1, -0.05) is 0 Å². The van der Waals surface area contributed by atoms with Gasteiger partial charge in [-0.25, -0.2) is 0 Å². The molecule has 4 atom stereocenters. The van der Waals surface area contributed by atoms with E-state index in [4.69, 9.17) is 9.84 Å². The summed E-state index contributed by atoms with van der Waals surface area (Å²) in [5, 5.41) is 19.0. The molecule has 100 valence electrons. The van der Waals surface area contributed by atoms with Crippen molar-refractivity contribution in [2.45, 2.75) is 23.0 Å². The summed E-state index contributed by atoms with van der Waals surface area (Å²) in [6, 6.07) is 0. The topological polar surface area (TPSA) is 124 Å². The van der Waals surface area contributed by atoms with Crippen LogP contribution in [0.2, 0.25) is 4.71 Å². The van der Waals surface area contributed by atoms with Gasteiger partial charge in [-0.15, -0.1) is 0 Å². The zero-order chi connectivity index (χ0) is 13.6. The Morgan fingerprint density at radius 2 is 2.26 bits per heavy atom. The predicted molar refractivity (Wildman–Crippen MR) is 64.7 cm³/mol. The SMILES string of the molecule is O=c1ncc2[nH]c(C3O[C@H](CO)[C@@H](O)[C@H]3[As])nc2[nH]1. The quantitative estimate of drug-likeness (QED) is 0.493. The van der Waals surface area contributed by atoms with Gasteiger partial charge in [0.05, 0.1) is 0 Å². The molecule has 2 aromatic rings. The molecule has 9 heteroatoms. The Balaban J connectivity index is 1.98. The molecule has 19 heavy (non-hydrogen) atoms. The second-order valence-electron chi connectivity index (χ2n) is 4.33. The average Bonchev–Trinajstić information content (AvgIpc) is 2.92. The molecule has 0 amide bonds. The van der Waals surface area contributed by atoms with Gasteiger partial charge in [-0.3, -0.25) is 0 Å². The Bertz CT molecular complexity index is 656. The number of H-pyrrole nitrogens is 2. The molecule has 1 fully saturated rings. The first-order valence-corrected chi connectivity index (χ1v) is 6.76. The molecule has 1 saturated heterocycles. The van der Waals surface area contributed by atoms with Crippen LogP contribution >= 0.6 is 0 Å². The molecule has 3 heterocycles. The van der Waals surface area contributed by atoms with E-state index in [9.17, 15) is 9.90 Å². The Kier molecular flexibility index (Phi) is 3.18. The fraction of sp³-hybridized carbons (Fsp3) is 0.500. The second-order valence-corrected chi connectivity index (χ2v) is 5.58. The molecule has 0 saturated carbocycles. The summed E-state index contributed by atoms with van der Waals surface area (Å²) in [7, 11) is 0. The molecule has 0 spiro atoms. The van der Waals surface area contributed by atoms with Crippen molar-refractivity contribution in [3.8, 4) is 0 Å². The Morgan fingerprint density at radius 3 is 2.95 bits per heavy atom. The molecule has 2 radical (unpaired) electrons. The molecule has 1 unspecified atom stereocenters. The predicted octanol–water partition coefficient (Wildman–Crippen LogP) is -1.60. The fourth-order valence-electron chi connectivity index (χ4n) is 2.11. The van der Waals surface area contributed by atoms with Crippen LogP contribution in [0.5, 0.6) is 0 Å². The van der Waals surface area contributed by atoms with Crippen LogP contribution in [-0.2, 0) is 4.74 Å². The third-order valence-electron chi connectivity index (χ3n) is 3.10. The van der Waals surface area contributed by atoms with Crippen molar-refractivity contribution >= 4 is 28.0 Å². The van der Waals surface area contributed by atoms with Crippen LogP contribution in [0.4, 0.5) is 0 Å². The van der Waals surface area contributed by atoms with Gasteiger partial charge in [0, 0.05) is 0 Å². The second kappa shape index (κ2) is 4.72. The van der Waals surface area contributed by atoms with Crippen LogP contribution < -0.4 is 5.69 Å². The van der Waals surface area contributed by atoms with Crippen molar-refractivity contribution in [1.29, 1.82) is 0 Å². The normalized spacial score (nSPS) is 31.1. The third-order valence-corrected chi connectivity index (χ3v) is 4.31. The van der Waals surface area contributed by atoms with Crippen molar-refractivity contribution < 1.29 is 14.9 Å². The number of aliphatic hydroxyl groups excluding tert-OH is 2. The zero-order valence-electron chi connectivity index (χ0n) is 9.65. The molecule has 1 aliphatic rings. The van der Waals surface area contributed by atoms with E-state index in [0.29, 0.717) is 17.0 Å². The number of hydrogen-bond donors (Lipinski definition) is 4. The van der Waals surface area contributed by atoms with E-state index in [-0.39, 0.29) is 11.3 Å². The van der Waals surface area contributed by atoms with Gasteiger partial charge in [0.15, 0.2) is 0 Å². The first kappa shape index (κ1) is 12.8. The molecule has 1 aliphatic heterocycles. The molecule has 0 aliphatic carbocycles. The number of aromatic nitrogens is 4. The Hall–Kier alpha value is -1.21. The van der Waals surface area contributed by atoms with Crippen molar-refractivity contribution in [3.05, 3.63) is 22.5 Å². The number of fused-ring (bicyclic) bond motifs is 1. The molecular formula is C10H11AsN4O4. The molecule has 0 aromatic carbocycles. The summed E-state index contributed by atoms with van der Waals surface area (Å²) < 4.78 is 5.29. The number of hydrogen-bond acceptors (Lipinski definition) is 6. The maximum atomic E-state index is 11.1. The van der Waals surface area contributed by atoms with Crippen LogP contribution in [0.3, 0.4) is 0 Å². The van der Waals surface area contributed by atoms with E-state index in [2.05, 4.69) is 36.8 Å². The summed E-state index contributed by atoms with van der Waals surface area (Å²) >= 11 is 2.32. The van der Waals surface area contributed by atoms with Crippen LogP contribution in [0.1, 0.15) is 11.9 Å². The standard InChI is InChI=1S/C10H11AsN4O4/c11-5-6(17)4(2-16)19-7(5)9-13-3-1-12-10(18)15-8(3)14-9/h1,4-7,16-17H,2H2,(H2,12,13,14,15,18)/t4-,5-,6-,7?/m1/s1. The Morgan fingerprint density at radius 1 is 1.47 bits per heavy atom. The maximum absolute atomic E-state index is 11.1. The molecule has 4 N–H and O–H groups in total. The Labute approximate surface area is 115 Å². The average molecular weight is 326 g/mol. The van der Waals surface area contributed by atoms with E-state index in [0.717, 1.165) is 0 Å². The number of nitrogens with zero attached hydrogens (tertiary/aromatic N) is 2. The van der Waals surface area contributed by atoms with Crippen LogP contribution in [-0.4, -0.2) is 65.8 Å². The molecular weight excluding hydrogens is 315 g/mol. The van der Waals surface area contributed by atoms with Crippen LogP contribution in [0, 0.1) is 0 Å². The van der Waals surface area contributed by atoms with E-state index in [1.165, 1.54) is 6.20 Å². The summed E-state index contributed by atoms with van der Waals surface area (Å²) in [5.74, 6) is 0.485. The van der Waals surface area contributed by atoms with E-state index in [1.54, 1.807) is 0 Å². The van der Waals surface area contributed by atoms with Gasteiger partial charge in [-0.2, -0.15) is 0 Å². The van der Waals surface area contributed by atoms with Crippen LogP contribution in [0.25, 0.3) is 11.2 Å². The third kappa shape index (κ3) is 2.10. The number of imidazole rings is 1. The van der Waals surface area contributed by atoms with Gasteiger partial charge >= 0.3 is 115 Å². The van der Waals surface area contributed by atoms with Gasteiger partial charge in [0.25, 0.3) is 0 Å². The van der Waals surface area contributed by atoms with E-state index in [1.807, 2.05) is 0 Å². The molecule has 8 nitrogen and oxygen atoms in total. The summed E-state index contributed by atoms with van der Waals surface area (Å²) in [4.78, 5) is 24.4. The van der Waals surface area contributed by atoms with E-state index >= 15 is 0 Å². The minimum absolute atomic E-state index is 0.259. The van der Waals surface area contributed by atoms with Crippen LogP contribution in [0.15, 0.2) is 11.0 Å². The van der Waals surface area contributed by atoms with Crippen molar-refractivity contribution in [2.24, 2.45) is 0 Å². The van der Waals surface area contributed by atoms with Gasteiger partial charge in [0.1, 0.15) is 0 Å². The zero-order valence-corrected chi connectivity index (χ0v) is 11.5. The first-order chi connectivity index (χ1) is 9.10. The first-order valence-electron chi connectivity index (χ1n) is 5.67. The summed E-state index contributed by atoms with van der Waals surface area (Å²) in [6.07, 6.45) is -0.508. The fourth-order valence-corrected chi connectivity index (χ4v) is 2.96. The number of aliphatic hydroxyl groups is 2. The summed E-state index contributed by atoms with van der Waals surface area (Å²) in [6.45, 7) is -0.259. The van der Waals surface area contributed by atoms with Gasteiger partial charge in [0.2, 0.25) is 0 Å². The number of nitrogens with one attached hydrogen (secondary N) is 2. The van der Waals surface area contributed by atoms with Gasteiger partial charge < -0.3 is 0 Å². The van der Waals surface area contributed by atoms with E-state index < -0.39 is 24.0 Å². The number of ether oxygens (including phenoxy) is 1. The van der Waals surface area contributed by atoms with Crippen molar-refractivity contribution in [3.63, 3.8) is 0 Å². The molecule has 3 rings (SSSR count). The van der Waals surface area contributed by atoms with Gasteiger partial charge in [-0.05, 0) is 0 Å². The van der Waals surface area contributed by atoms with Crippen molar-refractivity contribution in [2.75, 3.05) is 6.61 Å². The summed E-state index contributed by atoms with van der Waals surface area (Å²) in [5.41, 5.74) is 0.495.